The number of amides is 1. The Kier molecular flexibility index (Phi) is 4.62. The minimum atomic E-state index is -1.36. The van der Waals surface area contributed by atoms with E-state index in [0.29, 0.717) is 22.5 Å². The summed E-state index contributed by atoms with van der Waals surface area (Å²) in [5.41, 5.74) is 0.541. The number of piperidine rings is 1. The van der Waals surface area contributed by atoms with Crippen LogP contribution in [-0.4, -0.2) is 54.4 Å². The summed E-state index contributed by atoms with van der Waals surface area (Å²) >= 11 is 0. The van der Waals surface area contributed by atoms with Crippen LogP contribution in [0, 0.1) is 12.9 Å². The van der Waals surface area contributed by atoms with Gasteiger partial charge in [-0.15, -0.1) is 0 Å². The molecule has 0 bridgehead atoms. The third-order valence-electron chi connectivity index (χ3n) is 5.52. The highest BCUT2D eigenvalue weighted by Gasteiger charge is 2.38. The van der Waals surface area contributed by atoms with Gasteiger partial charge in [-0.3, -0.25) is 9.59 Å². The van der Waals surface area contributed by atoms with Crippen LogP contribution in [0.3, 0.4) is 0 Å². The van der Waals surface area contributed by atoms with Crippen molar-refractivity contribution in [1.82, 2.24) is 24.5 Å². The first-order valence-electron chi connectivity index (χ1n) is 9.29. The Morgan fingerprint density at radius 2 is 1.90 bits per heavy atom. The highest BCUT2D eigenvalue weighted by Crippen LogP contribution is 2.34. The number of rotatable bonds is 3. The third-order valence-corrected chi connectivity index (χ3v) is 5.52. The van der Waals surface area contributed by atoms with Gasteiger partial charge in [-0.2, -0.15) is 9.49 Å². The summed E-state index contributed by atoms with van der Waals surface area (Å²) < 4.78 is 15.5. The number of aromatic nitrogens is 4. The molecule has 1 aliphatic rings. The summed E-state index contributed by atoms with van der Waals surface area (Å²) in [4.78, 5) is 34.2. The van der Waals surface area contributed by atoms with E-state index in [9.17, 15) is 19.1 Å². The van der Waals surface area contributed by atoms with Gasteiger partial charge in [-0.05, 0) is 32.8 Å². The maximum Gasteiger partial charge on any atom is 0.259 e. The normalized spacial score (nSPS) is 16.2. The van der Waals surface area contributed by atoms with E-state index >= 15 is 0 Å². The van der Waals surface area contributed by atoms with Gasteiger partial charge < -0.3 is 10.0 Å². The first-order chi connectivity index (χ1) is 13.8. The standard InChI is InChI=1S/C20H20FN5O3/c1-12-14(13(2)27)10-23-18-15(11-24-26(12)18)19(28)25-8-5-20(29,6-9-25)16-4-3-7-22-17(16)21/h3-4,7,10-11,29H,5-6,8-9H2,1-2H3. The molecule has 1 saturated heterocycles. The predicted molar refractivity (Wildman–Crippen MR) is 101 cm³/mol. The SMILES string of the molecule is CC(=O)c1cnc2c(C(=O)N3CCC(O)(c4cccnc4F)CC3)cnn2c1C. The molecule has 0 unspecified atom stereocenters. The van der Waals surface area contributed by atoms with Crippen LogP contribution in [0.15, 0.2) is 30.7 Å². The summed E-state index contributed by atoms with van der Waals surface area (Å²) in [6, 6.07) is 3.10. The zero-order valence-electron chi connectivity index (χ0n) is 16.1. The summed E-state index contributed by atoms with van der Waals surface area (Å²) in [5.74, 6) is -1.09. The zero-order chi connectivity index (χ0) is 20.8. The zero-order valence-corrected chi connectivity index (χ0v) is 16.1. The molecule has 0 saturated carbocycles. The number of pyridine rings is 1. The van der Waals surface area contributed by atoms with E-state index in [0.717, 1.165) is 0 Å². The largest absolute Gasteiger partial charge is 0.385 e. The van der Waals surface area contributed by atoms with Gasteiger partial charge in [-0.1, -0.05) is 6.07 Å². The van der Waals surface area contributed by atoms with E-state index in [-0.39, 0.29) is 43.2 Å². The monoisotopic (exact) mass is 397 g/mol. The number of ketones is 1. The lowest BCUT2D eigenvalue weighted by Crippen LogP contribution is -2.45. The number of fused-ring (bicyclic) bond motifs is 1. The Labute approximate surface area is 166 Å². The van der Waals surface area contributed by atoms with Gasteiger partial charge in [-0.25, -0.2) is 14.5 Å². The highest BCUT2D eigenvalue weighted by molar-refractivity contribution is 6.00. The predicted octanol–water partition coefficient (Wildman–Crippen LogP) is 1.90. The van der Waals surface area contributed by atoms with E-state index in [2.05, 4.69) is 15.1 Å². The van der Waals surface area contributed by atoms with Gasteiger partial charge in [0.25, 0.3) is 5.91 Å². The topological polar surface area (TPSA) is 101 Å². The van der Waals surface area contributed by atoms with E-state index < -0.39 is 11.5 Å². The van der Waals surface area contributed by atoms with Crippen molar-refractivity contribution in [2.75, 3.05) is 13.1 Å². The number of hydrogen-bond acceptors (Lipinski definition) is 6. The van der Waals surface area contributed by atoms with Crippen LogP contribution in [0.4, 0.5) is 4.39 Å². The number of aryl methyl sites for hydroxylation is 1. The molecule has 8 nitrogen and oxygen atoms in total. The van der Waals surface area contributed by atoms with Gasteiger partial charge >= 0.3 is 0 Å². The molecular formula is C20H20FN5O3. The molecule has 1 aliphatic heterocycles. The number of carbonyl (C=O) groups excluding carboxylic acids is 2. The van der Waals surface area contributed by atoms with Crippen molar-refractivity contribution in [2.24, 2.45) is 0 Å². The quantitative estimate of drug-likeness (QED) is 0.535. The van der Waals surface area contributed by atoms with Crippen LogP contribution in [0.5, 0.6) is 0 Å². The molecule has 29 heavy (non-hydrogen) atoms. The van der Waals surface area contributed by atoms with Gasteiger partial charge in [0, 0.05) is 31.0 Å². The van der Waals surface area contributed by atoms with Crippen molar-refractivity contribution in [3.63, 3.8) is 0 Å². The first kappa shape index (κ1) is 19.1. The second-order valence-corrected chi connectivity index (χ2v) is 7.27. The number of carbonyl (C=O) groups is 2. The maximum absolute atomic E-state index is 14.0. The van der Waals surface area contributed by atoms with Crippen molar-refractivity contribution < 1.29 is 19.1 Å². The van der Waals surface area contributed by atoms with Crippen LogP contribution in [-0.2, 0) is 5.60 Å². The molecule has 4 rings (SSSR count). The average Bonchev–Trinajstić information content (AvgIpc) is 3.13. The Morgan fingerprint density at radius 1 is 1.17 bits per heavy atom. The summed E-state index contributed by atoms with van der Waals surface area (Å²) in [6.45, 7) is 3.71. The average molecular weight is 397 g/mol. The number of hydrogen-bond donors (Lipinski definition) is 1. The first-order valence-corrected chi connectivity index (χ1v) is 9.29. The Morgan fingerprint density at radius 3 is 2.55 bits per heavy atom. The Bertz CT molecular complexity index is 1120. The molecule has 1 amide bonds. The summed E-state index contributed by atoms with van der Waals surface area (Å²) in [5, 5.41) is 15.1. The fourth-order valence-corrected chi connectivity index (χ4v) is 3.79. The second kappa shape index (κ2) is 7.00. The lowest BCUT2D eigenvalue weighted by atomic mass is 9.85. The van der Waals surface area contributed by atoms with Crippen molar-refractivity contribution >= 4 is 17.3 Å². The van der Waals surface area contributed by atoms with Crippen LogP contribution in [0.2, 0.25) is 0 Å². The molecule has 1 N–H and O–H groups in total. The molecule has 0 atom stereocenters. The maximum atomic E-state index is 14.0. The number of Topliss-reactive ketones (excluding diaryl/α,β-unsaturated/α-hetero) is 1. The number of halogens is 1. The number of likely N-dealkylation sites (tertiary alicyclic amines) is 1. The van der Waals surface area contributed by atoms with E-state index in [1.165, 1.54) is 36.1 Å². The number of aliphatic hydroxyl groups is 1. The molecule has 150 valence electrons. The molecule has 0 aromatic carbocycles. The summed E-state index contributed by atoms with van der Waals surface area (Å²) in [6.07, 6.45) is 4.61. The fourth-order valence-electron chi connectivity index (χ4n) is 3.79. The second-order valence-electron chi connectivity index (χ2n) is 7.27. The van der Waals surface area contributed by atoms with Crippen LogP contribution in [0.25, 0.3) is 5.65 Å². The van der Waals surface area contributed by atoms with E-state index in [1.54, 1.807) is 17.9 Å². The third kappa shape index (κ3) is 3.17. The van der Waals surface area contributed by atoms with Crippen molar-refractivity contribution in [3.8, 4) is 0 Å². The smallest absolute Gasteiger partial charge is 0.259 e. The Balaban J connectivity index is 1.57. The van der Waals surface area contributed by atoms with Gasteiger partial charge in [0.2, 0.25) is 5.95 Å². The number of nitrogens with zero attached hydrogens (tertiary/aromatic N) is 5. The van der Waals surface area contributed by atoms with Gasteiger partial charge in [0.1, 0.15) is 5.56 Å². The molecule has 0 radical (unpaired) electrons. The molecular weight excluding hydrogens is 377 g/mol. The molecule has 1 fully saturated rings. The van der Waals surface area contributed by atoms with Gasteiger partial charge in [0.15, 0.2) is 11.4 Å². The van der Waals surface area contributed by atoms with Crippen molar-refractivity contribution in [3.05, 3.63) is 59.1 Å². The fraction of sp³-hybridized carbons (Fsp3) is 0.350. The lowest BCUT2D eigenvalue weighted by molar-refractivity contribution is -0.0240. The molecule has 4 heterocycles. The van der Waals surface area contributed by atoms with Crippen LogP contribution >= 0.6 is 0 Å². The summed E-state index contributed by atoms with van der Waals surface area (Å²) in [7, 11) is 0. The minimum Gasteiger partial charge on any atom is -0.385 e. The molecule has 9 heteroatoms. The Hall–Kier alpha value is -3.20. The van der Waals surface area contributed by atoms with Crippen molar-refractivity contribution in [1.29, 1.82) is 0 Å². The highest BCUT2D eigenvalue weighted by atomic mass is 19.1. The molecule has 3 aromatic heterocycles. The minimum absolute atomic E-state index is 0.127. The van der Waals surface area contributed by atoms with E-state index in [4.69, 9.17) is 0 Å². The molecule has 0 aliphatic carbocycles. The van der Waals surface area contributed by atoms with Crippen molar-refractivity contribution in [2.45, 2.75) is 32.3 Å². The van der Waals surface area contributed by atoms with Crippen LogP contribution < -0.4 is 0 Å². The van der Waals surface area contributed by atoms with Crippen LogP contribution in [0.1, 0.15) is 51.7 Å². The molecule has 3 aromatic rings. The molecule has 0 spiro atoms. The van der Waals surface area contributed by atoms with Gasteiger partial charge in [0.05, 0.1) is 23.1 Å². The van der Waals surface area contributed by atoms with E-state index in [1.807, 2.05) is 0 Å². The lowest BCUT2D eigenvalue weighted by Gasteiger charge is -2.38.